The minimum absolute atomic E-state index is 0.242. The van der Waals surface area contributed by atoms with E-state index in [4.69, 9.17) is 37.9 Å². The number of rotatable bonds is 10. The van der Waals surface area contributed by atoms with Crippen LogP contribution in [-0.2, 0) is 35.2 Å². The summed E-state index contributed by atoms with van der Waals surface area (Å²) < 4.78 is 44.6. The standard InChI is InChI=1S/C69H78O12/c1-63(2,3)78-59(70)74-51-29-21-45(22-30-51)67(46-23-31-52(32-24-46)75-60(71)79-64(4,5)6)41-37-49(38-42-67)69(57-19-15-13-17-55(57)56-18-14-16-20-58(56)69)50-39-43-68(44-40-50,47-25-33-53(34-26-47)76-61(72)80-65(7,8)9)48-27-35-54(36-28-48)77-62(73)81-66(10,11)12/h13-36,49-50H,37-44H2,1-12H3. The fourth-order valence-corrected chi connectivity index (χ4v) is 13.0. The van der Waals surface area contributed by atoms with E-state index >= 15 is 0 Å². The van der Waals surface area contributed by atoms with Gasteiger partial charge in [-0.3, -0.25) is 0 Å². The molecule has 0 N–H and O–H groups in total. The first-order chi connectivity index (χ1) is 38.1. The summed E-state index contributed by atoms with van der Waals surface area (Å²) in [6.45, 7) is 21.6. The molecule has 0 aliphatic heterocycles. The van der Waals surface area contributed by atoms with E-state index in [0.29, 0.717) is 23.0 Å². The molecule has 2 fully saturated rings. The zero-order valence-electron chi connectivity index (χ0n) is 49.1. The van der Waals surface area contributed by atoms with Gasteiger partial charge in [-0.15, -0.1) is 0 Å². The number of ether oxygens (including phenoxy) is 8. The highest BCUT2D eigenvalue weighted by atomic mass is 16.7. The van der Waals surface area contributed by atoms with Gasteiger partial charge in [-0.25, -0.2) is 19.2 Å². The zero-order valence-corrected chi connectivity index (χ0v) is 49.1. The second-order valence-electron chi connectivity index (χ2n) is 26.0. The van der Waals surface area contributed by atoms with Crippen LogP contribution in [0.15, 0.2) is 146 Å². The first-order valence-electron chi connectivity index (χ1n) is 28.4. The molecule has 3 aliphatic rings. The van der Waals surface area contributed by atoms with Crippen molar-refractivity contribution >= 4 is 24.6 Å². The van der Waals surface area contributed by atoms with E-state index in [1.54, 1.807) is 83.1 Å². The molecule has 0 atom stereocenters. The van der Waals surface area contributed by atoms with Crippen molar-refractivity contribution in [2.24, 2.45) is 11.8 Å². The zero-order chi connectivity index (χ0) is 58.2. The maximum Gasteiger partial charge on any atom is 0.514 e. The van der Waals surface area contributed by atoms with E-state index in [1.165, 1.54) is 22.3 Å². The molecule has 6 aromatic carbocycles. The molecule has 0 unspecified atom stereocenters. The van der Waals surface area contributed by atoms with Crippen molar-refractivity contribution in [3.63, 3.8) is 0 Å². The largest absolute Gasteiger partial charge is 0.514 e. The molecule has 3 aliphatic carbocycles. The average molecular weight is 1100 g/mol. The third-order valence-corrected chi connectivity index (χ3v) is 16.0. The molecule has 6 aromatic rings. The molecule has 426 valence electrons. The molecule has 0 spiro atoms. The minimum Gasteiger partial charge on any atom is -0.428 e. The van der Waals surface area contributed by atoms with Gasteiger partial charge in [-0.05, 0) is 239 Å². The normalized spacial score (nSPS) is 16.9. The van der Waals surface area contributed by atoms with Gasteiger partial charge in [-0.1, -0.05) is 97.1 Å². The smallest absolute Gasteiger partial charge is 0.428 e. The average Bonchev–Trinajstić information content (AvgIpc) is 2.33. The lowest BCUT2D eigenvalue weighted by Gasteiger charge is -2.54. The Morgan fingerprint density at radius 3 is 0.778 bits per heavy atom. The fourth-order valence-electron chi connectivity index (χ4n) is 13.0. The van der Waals surface area contributed by atoms with Gasteiger partial charge in [0.25, 0.3) is 0 Å². The van der Waals surface area contributed by atoms with E-state index in [-0.39, 0.29) is 17.3 Å². The molecule has 0 radical (unpaired) electrons. The van der Waals surface area contributed by atoms with Gasteiger partial charge in [0.1, 0.15) is 45.4 Å². The summed E-state index contributed by atoms with van der Waals surface area (Å²) in [6, 6.07) is 49.3. The van der Waals surface area contributed by atoms with Crippen molar-refractivity contribution < 1.29 is 57.1 Å². The van der Waals surface area contributed by atoms with Gasteiger partial charge in [-0.2, -0.15) is 0 Å². The lowest BCUT2D eigenvalue weighted by atomic mass is 9.49. The molecule has 9 rings (SSSR count). The summed E-state index contributed by atoms with van der Waals surface area (Å²) >= 11 is 0. The predicted octanol–water partition coefficient (Wildman–Crippen LogP) is 17.6. The van der Waals surface area contributed by atoms with Crippen LogP contribution in [0.1, 0.15) is 168 Å². The molecular formula is C69H78O12. The Bertz CT molecular complexity index is 2830. The van der Waals surface area contributed by atoms with Crippen LogP contribution in [0.3, 0.4) is 0 Å². The predicted molar refractivity (Wildman–Crippen MR) is 311 cm³/mol. The van der Waals surface area contributed by atoms with E-state index in [1.807, 2.05) is 48.5 Å². The highest BCUT2D eigenvalue weighted by molar-refractivity contribution is 5.82. The third-order valence-electron chi connectivity index (χ3n) is 16.0. The van der Waals surface area contributed by atoms with E-state index < -0.39 is 57.9 Å². The molecule has 0 bridgehead atoms. The van der Waals surface area contributed by atoms with E-state index in [0.717, 1.165) is 73.6 Å². The minimum atomic E-state index is -0.765. The topological polar surface area (TPSA) is 142 Å². The van der Waals surface area contributed by atoms with Crippen LogP contribution in [0.25, 0.3) is 11.1 Å². The number of fused-ring (bicyclic) bond motifs is 3. The Hall–Kier alpha value is -7.60. The monoisotopic (exact) mass is 1100 g/mol. The molecule has 81 heavy (non-hydrogen) atoms. The molecule has 2 saturated carbocycles. The van der Waals surface area contributed by atoms with Crippen LogP contribution in [0.5, 0.6) is 23.0 Å². The van der Waals surface area contributed by atoms with Crippen LogP contribution in [0.2, 0.25) is 0 Å². The van der Waals surface area contributed by atoms with Crippen LogP contribution in [-0.4, -0.2) is 47.0 Å². The molecule has 12 nitrogen and oxygen atoms in total. The molecule has 0 saturated heterocycles. The molecule has 0 heterocycles. The van der Waals surface area contributed by atoms with Gasteiger partial charge < -0.3 is 37.9 Å². The van der Waals surface area contributed by atoms with E-state index in [9.17, 15) is 19.2 Å². The Balaban J connectivity index is 1.08. The molecule has 12 heteroatoms. The first kappa shape index (κ1) is 58.1. The second-order valence-corrected chi connectivity index (χ2v) is 26.0. The highest BCUT2D eigenvalue weighted by Gasteiger charge is 2.57. The summed E-state index contributed by atoms with van der Waals surface area (Å²) in [7, 11) is 0. The maximum atomic E-state index is 12.8. The van der Waals surface area contributed by atoms with Crippen LogP contribution in [0, 0.1) is 11.8 Å². The van der Waals surface area contributed by atoms with Gasteiger partial charge >= 0.3 is 24.6 Å². The van der Waals surface area contributed by atoms with Gasteiger partial charge in [0.15, 0.2) is 0 Å². The summed E-state index contributed by atoms with van der Waals surface area (Å²) in [5.41, 5.74) is 5.59. The number of hydrogen-bond acceptors (Lipinski definition) is 12. The van der Waals surface area contributed by atoms with Crippen molar-refractivity contribution in [2.45, 2.75) is 173 Å². The maximum absolute atomic E-state index is 12.8. The summed E-state index contributed by atoms with van der Waals surface area (Å²) in [4.78, 5) is 51.2. The Morgan fingerprint density at radius 2 is 0.556 bits per heavy atom. The van der Waals surface area contributed by atoms with Crippen LogP contribution < -0.4 is 18.9 Å². The molecule has 0 aromatic heterocycles. The Morgan fingerprint density at radius 1 is 0.333 bits per heavy atom. The van der Waals surface area contributed by atoms with Crippen molar-refractivity contribution in [2.75, 3.05) is 0 Å². The van der Waals surface area contributed by atoms with Crippen molar-refractivity contribution in [3.05, 3.63) is 179 Å². The summed E-state index contributed by atoms with van der Waals surface area (Å²) in [6.07, 6.45) is 3.79. The third kappa shape index (κ3) is 13.0. The van der Waals surface area contributed by atoms with Gasteiger partial charge in [0.2, 0.25) is 0 Å². The Kier molecular flexibility index (Phi) is 16.0. The van der Waals surface area contributed by atoms with Crippen molar-refractivity contribution in [1.82, 2.24) is 0 Å². The Labute approximate surface area is 477 Å². The summed E-state index contributed by atoms with van der Waals surface area (Å²) in [5.74, 6) is 2.04. The first-order valence-corrected chi connectivity index (χ1v) is 28.4. The number of carbonyl (C=O) groups is 4. The fraction of sp³-hybridized carbons (Fsp3) is 0.420. The van der Waals surface area contributed by atoms with Gasteiger partial charge in [0.05, 0.1) is 0 Å². The van der Waals surface area contributed by atoms with E-state index in [2.05, 4.69) is 97.1 Å². The lowest BCUT2D eigenvalue weighted by molar-refractivity contribution is 0.0192. The van der Waals surface area contributed by atoms with Gasteiger partial charge in [0, 0.05) is 16.2 Å². The number of hydrogen-bond donors (Lipinski definition) is 0. The number of benzene rings is 6. The highest BCUT2D eigenvalue weighted by Crippen LogP contribution is 2.65. The number of carbonyl (C=O) groups excluding carboxylic acids is 4. The van der Waals surface area contributed by atoms with Crippen molar-refractivity contribution in [3.8, 4) is 34.1 Å². The summed E-state index contributed by atoms with van der Waals surface area (Å²) in [5, 5.41) is 0. The second kappa shape index (κ2) is 22.4. The van der Waals surface area contributed by atoms with Crippen molar-refractivity contribution in [1.29, 1.82) is 0 Å². The quantitative estimate of drug-likeness (QED) is 0.0732. The molecular weight excluding hydrogens is 1020 g/mol. The lowest BCUT2D eigenvalue weighted by Crippen LogP contribution is -2.48. The van der Waals surface area contributed by atoms with Crippen LogP contribution in [0.4, 0.5) is 19.2 Å². The van der Waals surface area contributed by atoms with Crippen LogP contribution >= 0.6 is 0 Å². The SMILES string of the molecule is CC(C)(C)OC(=O)Oc1ccc(C2(c3ccc(OC(=O)OC(C)(C)C)cc3)CCC(C3(C4CCC(c5ccc(OC(=O)OC(C)(C)C)cc5)(c5ccc(OC(=O)OC(C)(C)C)cc5)CC4)c4ccccc4-c4ccccc43)CC2)cc1. The molecule has 0 amide bonds.